The van der Waals surface area contributed by atoms with Crippen molar-refractivity contribution in [2.45, 2.75) is 31.3 Å². The number of carbonyl (C=O) groups is 1. The minimum atomic E-state index is -0.174. The van der Waals surface area contributed by atoms with Crippen LogP contribution >= 0.6 is 11.8 Å². The monoisotopic (exact) mass is 415 g/mol. The van der Waals surface area contributed by atoms with Gasteiger partial charge in [0, 0.05) is 24.1 Å². The van der Waals surface area contributed by atoms with Crippen LogP contribution in [0.3, 0.4) is 0 Å². The first kappa shape index (κ1) is 20.7. The van der Waals surface area contributed by atoms with E-state index < -0.39 is 0 Å². The lowest BCUT2D eigenvalue weighted by molar-refractivity contribution is -0.113. The highest BCUT2D eigenvalue weighted by atomic mass is 32.2. The zero-order valence-electron chi connectivity index (χ0n) is 17.1. The van der Waals surface area contributed by atoms with Crippen LogP contribution in [0.5, 0.6) is 5.75 Å². The number of ether oxygens (including phenoxy) is 1. The number of thioether (sulfide) groups is 1. The second-order valence-electron chi connectivity index (χ2n) is 7.53. The second-order valence-corrected chi connectivity index (χ2v) is 8.47. The molecule has 154 valence electrons. The molecule has 3 rings (SSSR count). The number of nitrogens with two attached hydrogens (primary N) is 1. The second kappa shape index (κ2) is 8.16. The molecule has 0 saturated carbocycles. The van der Waals surface area contributed by atoms with Crippen LogP contribution in [-0.2, 0) is 17.3 Å². The zero-order chi connectivity index (χ0) is 21.2. The summed E-state index contributed by atoms with van der Waals surface area (Å²) in [6.07, 6.45) is 0. The molecule has 1 amide bonds. The van der Waals surface area contributed by atoms with Crippen molar-refractivity contribution in [1.29, 1.82) is 0 Å². The molecule has 0 saturated heterocycles. The van der Waals surface area contributed by atoms with Gasteiger partial charge in [0.05, 0.1) is 18.6 Å². The van der Waals surface area contributed by atoms with Crippen LogP contribution in [0.1, 0.15) is 26.5 Å². The number of carbonyl (C=O) groups excluding carboxylic acids is 1. The number of aromatic nitrogens is 5. The number of methoxy groups -OCH3 is 1. The van der Waals surface area contributed by atoms with E-state index in [2.05, 4.69) is 41.4 Å². The van der Waals surface area contributed by atoms with Crippen molar-refractivity contribution >= 4 is 23.5 Å². The average molecular weight is 416 g/mol. The van der Waals surface area contributed by atoms with Gasteiger partial charge in [0.1, 0.15) is 11.6 Å². The third-order valence-corrected chi connectivity index (χ3v) is 5.20. The van der Waals surface area contributed by atoms with Crippen LogP contribution in [0.4, 0.5) is 5.82 Å². The van der Waals surface area contributed by atoms with Crippen LogP contribution < -0.4 is 15.9 Å². The van der Waals surface area contributed by atoms with Crippen LogP contribution in [0, 0.1) is 0 Å². The van der Waals surface area contributed by atoms with Crippen molar-refractivity contribution < 1.29 is 9.53 Å². The number of nitrogens with one attached hydrogen (secondary N) is 1. The lowest BCUT2D eigenvalue weighted by Gasteiger charge is -2.13. The lowest BCUT2D eigenvalue weighted by Crippen LogP contribution is -2.18. The third kappa shape index (κ3) is 4.70. The Balaban J connectivity index is 1.64. The minimum absolute atomic E-state index is 0.0939. The summed E-state index contributed by atoms with van der Waals surface area (Å²) in [6.45, 7) is 6.22. The molecule has 3 aromatic rings. The summed E-state index contributed by atoms with van der Waals surface area (Å²) in [5.41, 5.74) is 1.62. The maximum Gasteiger partial charge on any atom is 0.235 e. The van der Waals surface area contributed by atoms with Crippen LogP contribution in [0.2, 0.25) is 0 Å². The summed E-state index contributed by atoms with van der Waals surface area (Å²) in [7, 11) is 3.41. The van der Waals surface area contributed by atoms with E-state index in [0.29, 0.717) is 16.8 Å². The number of hydrogen-bond acceptors (Lipinski definition) is 7. The molecule has 10 heteroatoms. The van der Waals surface area contributed by atoms with E-state index in [4.69, 9.17) is 10.6 Å². The molecule has 0 fully saturated rings. The first-order valence-corrected chi connectivity index (χ1v) is 9.99. The molecular weight excluding hydrogens is 390 g/mol. The molecule has 0 aliphatic rings. The van der Waals surface area contributed by atoms with Gasteiger partial charge in [0.15, 0.2) is 5.82 Å². The highest BCUT2D eigenvalue weighted by Crippen LogP contribution is 2.25. The van der Waals surface area contributed by atoms with E-state index in [-0.39, 0.29) is 17.1 Å². The maximum absolute atomic E-state index is 12.4. The summed E-state index contributed by atoms with van der Waals surface area (Å²) in [6, 6.07) is 9.23. The van der Waals surface area contributed by atoms with Gasteiger partial charge in [-0.1, -0.05) is 32.5 Å². The van der Waals surface area contributed by atoms with Crippen LogP contribution in [-0.4, -0.2) is 43.4 Å². The smallest absolute Gasteiger partial charge is 0.235 e. The number of aryl methyl sites for hydroxylation is 1. The predicted molar refractivity (Wildman–Crippen MR) is 113 cm³/mol. The Morgan fingerprint density at radius 1 is 1.24 bits per heavy atom. The molecular formula is C19H25N7O2S. The van der Waals surface area contributed by atoms with Crippen molar-refractivity contribution in [2.75, 3.05) is 24.0 Å². The molecule has 0 aliphatic heterocycles. The number of hydrogen-bond donors (Lipinski definition) is 2. The van der Waals surface area contributed by atoms with Gasteiger partial charge in [-0.05, 0) is 24.3 Å². The van der Waals surface area contributed by atoms with E-state index in [9.17, 15) is 4.79 Å². The number of nitrogens with zero attached hydrogens (tertiary/aromatic N) is 5. The molecule has 0 spiro atoms. The number of anilines is 1. The summed E-state index contributed by atoms with van der Waals surface area (Å²) in [4.78, 5) is 12.4. The van der Waals surface area contributed by atoms with Crippen molar-refractivity contribution in [3.8, 4) is 17.1 Å². The van der Waals surface area contributed by atoms with Gasteiger partial charge >= 0.3 is 0 Å². The SMILES string of the molecule is COc1ccc(-c2nnc(SCC(=O)Nc3cc(C(C)(C)C)nn3C)n2N)cc1. The van der Waals surface area contributed by atoms with Crippen molar-refractivity contribution in [3.63, 3.8) is 0 Å². The van der Waals surface area contributed by atoms with Crippen LogP contribution in [0.25, 0.3) is 11.4 Å². The third-order valence-electron chi connectivity index (χ3n) is 4.26. The Morgan fingerprint density at radius 2 is 1.93 bits per heavy atom. The fourth-order valence-electron chi connectivity index (χ4n) is 2.57. The highest BCUT2D eigenvalue weighted by molar-refractivity contribution is 7.99. The maximum atomic E-state index is 12.4. The molecule has 0 unspecified atom stereocenters. The van der Waals surface area contributed by atoms with Gasteiger partial charge in [-0.2, -0.15) is 5.10 Å². The number of amides is 1. The molecule has 2 heterocycles. The fraction of sp³-hybridized carbons (Fsp3) is 0.368. The van der Waals surface area contributed by atoms with E-state index in [1.54, 1.807) is 18.8 Å². The molecule has 0 atom stereocenters. The van der Waals surface area contributed by atoms with Gasteiger partial charge in [-0.3, -0.25) is 9.48 Å². The number of rotatable bonds is 6. The molecule has 0 radical (unpaired) electrons. The Hall–Kier alpha value is -3.01. The molecule has 3 N–H and O–H groups in total. The molecule has 1 aromatic carbocycles. The van der Waals surface area contributed by atoms with E-state index >= 15 is 0 Å². The topological polar surface area (TPSA) is 113 Å². The van der Waals surface area contributed by atoms with Crippen LogP contribution in [0.15, 0.2) is 35.5 Å². The molecule has 29 heavy (non-hydrogen) atoms. The molecule has 0 aliphatic carbocycles. The number of benzene rings is 1. The van der Waals surface area contributed by atoms with E-state index in [1.807, 2.05) is 30.3 Å². The number of nitrogen functional groups attached to an aromatic ring is 1. The van der Waals surface area contributed by atoms with E-state index in [0.717, 1.165) is 17.0 Å². The summed E-state index contributed by atoms with van der Waals surface area (Å²) in [5, 5.41) is 16.0. The lowest BCUT2D eigenvalue weighted by atomic mass is 9.92. The highest BCUT2D eigenvalue weighted by Gasteiger charge is 2.20. The first-order valence-electron chi connectivity index (χ1n) is 9.01. The summed E-state index contributed by atoms with van der Waals surface area (Å²) >= 11 is 1.21. The molecule has 0 bridgehead atoms. The Kier molecular flexibility index (Phi) is 5.83. The van der Waals surface area contributed by atoms with Gasteiger partial charge in [-0.25, -0.2) is 4.68 Å². The summed E-state index contributed by atoms with van der Waals surface area (Å²) in [5.74, 6) is 7.99. The zero-order valence-corrected chi connectivity index (χ0v) is 17.9. The minimum Gasteiger partial charge on any atom is -0.497 e. The quantitative estimate of drug-likeness (QED) is 0.469. The van der Waals surface area contributed by atoms with E-state index in [1.165, 1.54) is 16.4 Å². The van der Waals surface area contributed by atoms with Gasteiger partial charge < -0.3 is 15.9 Å². The standard InChI is InChI=1S/C19H25N7O2S/c1-19(2,3)14-10-15(25(4)24-14)21-16(27)11-29-18-23-22-17(26(18)20)12-6-8-13(28-5)9-7-12/h6-10H,11,20H2,1-5H3,(H,21,27). The molecule has 9 nitrogen and oxygen atoms in total. The van der Waals surface area contributed by atoms with Crippen molar-refractivity contribution in [3.05, 3.63) is 36.0 Å². The summed E-state index contributed by atoms with van der Waals surface area (Å²) < 4.78 is 8.19. The first-order chi connectivity index (χ1) is 13.7. The van der Waals surface area contributed by atoms with Gasteiger partial charge in [0.2, 0.25) is 11.1 Å². The van der Waals surface area contributed by atoms with Crippen molar-refractivity contribution in [1.82, 2.24) is 24.7 Å². The Labute approximate surface area is 173 Å². The Morgan fingerprint density at radius 3 is 2.52 bits per heavy atom. The van der Waals surface area contributed by atoms with Crippen molar-refractivity contribution in [2.24, 2.45) is 7.05 Å². The normalized spacial score (nSPS) is 11.5. The van der Waals surface area contributed by atoms with Gasteiger partial charge in [-0.15, -0.1) is 10.2 Å². The van der Waals surface area contributed by atoms with Gasteiger partial charge in [0.25, 0.3) is 0 Å². The Bertz CT molecular complexity index is 1000. The largest absolute Gasteiger partial charge is 0.497 e. The fourth-order valence-corrected chi connectivity index (χ4v) is 3.23. The predicted octanol–water partition coefficient (Wildman–Crippen LogP) is 2.43. The molecule has 2 aromatic heterocycles. The average Bonchev–Trinajstić information content (AvgIpc) is 3.23.